The van der Waals surface area contributed by atoms with Gasteiger partial charge in [-0.1, -0.05) is 11.3 Å². The van der Waals surface area contributed by atoms with E-state index in [2.05, 4.69) is 20.3 Å². The van der Waals surface area contributed by atoms with Crippen molar-refractivity contribution in [1.29, 1.82) is 0 Å². The molecule has 3 aromatic heterocycles. The van der Waals surface area contributed by atoms with Crippen LogP contribution in [0.3, 0.4) is 0 Å². The van der Waals surface area contributed by atoms with Crippen LogP contribution in [0, 0.1) is 0 Å². The van der Waals surface area contributed by atoms with Crippen LogP contribution in [0.15, 0.2) is 51.9 Å². The van der Waals surface area contributed by atoms with Gasteiger partial charge in [0, 0.05) is 18.8 Å². The van der Waals surface area contributed by atoms with E-state index >= 15 is 0 Å². The number of rotatable bonds is 7. The Morgan fingerprint density at radius 3 is 2.68 bits per heavy atom. The van der Waals surface area contributed by atoms with Crippen molar-refractivity contribution < 1.29 is 13.9 Å². The van der Waals surface area contributed by atoms with Crippen LogP contribution in [-0.2, 0) is 11.3 Å². The van der Waals surface area contributed by atoms with E-state index in [1.54, 1.807) is 42.7 Å². The quantitative estimate of drug-likeness (QED) is 0.425. The second-order valence-electron chi connectivity index (χ2n) is 8.02. The summed E-state index contributed by atoms with van der Waals surface area (Å²) in [6, 6.07) is 10.6. The minimum atomic E-state index is -0.397. The van der Waals surface area contributed by atoms with E-state index in [0.717, 1.165) is 41.5 Å². The van der Waals surface area contributed by atoms with Gasteiger partial charge in [-0.05, 0) is 62.6 Å². The minimum absolute atomic E-state index is 0.244. The van der Waals surface area contributed by atoms with Gasteiger partial charge in [0.05, 0.1) is 17.6 Å². The van der Waals surface area contributed by atoms with Crippen molar-refractivity contribution in [3.8, 4) is 17.2 Å². The van der Waals surface area contributed by atoms with Gasteiger partial charge >= 0.3 is 0 Å². The molecule has 1 aromatic carbocycles. The third-order valence-corrected chi connectivity index (χ3v) is 6.74. The molecule has 9 nitrogen and oxygen atoms in total. The molecule has 0 bridgehead atoms. The summed E-state index contributed by atoms with van der Waals surface area (Å²) in [7, 11) is 0. The summed E-state index contributed by atoms with van der Waals surface area (Å²) in [6.45, 7) is 4.07. The second kappa shape index (κ2) is 9.68. The molecule has 0 radical (unpaired) electrons. The molecule has 0 saturated carbocycles. The number of nitrogens with one attached hydrogen (secondary N) is 1. The van der Waals surface area contributed by atoms with E-state index in [1.165, 1.54) is 17.8 Å². The Bertz CT molecular complexity index is 1340. The summed E-state index contributed by atoms with van der Waals surface area (Å²) >= 11 is 1.44. The number of hydrogen-bond donors (Lipinski definition) is 1. The molecule has 0 aliphatic carbocycles. The SMILES string of the molecule is CCOc1ccc(NC(=O)Cn2nc(-c3ccco3)c3sc(N4CCCCC4)nc3c2=O)cc1. The van der Waals surface area contributed by atoms with Gasteiger partial charge in [-0.3, -0.25) is 9.59 Å². The number of piperidine rings is 1. The fourth-order valence-electron chi connectivity index (χ4n) is 3.99. The van der Waals surface area contributed by atoms with E-state index in [4.69, 9.17) is 9.15 Å². The standard InChI is InChI=1S/C24H25N5O4S/c1-2-32-17-10-8-16(9-11-17)25-19(30)15-29-23(31)21-22(20(27-29)18-7-6-14-33-18)34-24(26-21)28-12-4-3-5-13-28/h6-11,14H,2-5,12-13,15H2,1H3,(H,25,30). The molecule has 1 fully saturated rings. The number of nitrogens with zero attached hydrogens (tertiary/aromatic N) is 4. The van der Waals surface area contributed by atoms with Crippen molar-refractivity contribution in [3.05, 3.63) is 53.0 Å². The maximum Gasteiger partial charge on any atom is 0.294 e. The number of benzene rings is 1. The lowest BCUT2D eigenvalue weighted by molar-refractivity contribution is -0.117. The molecule has 1 saturated heterocycles. The van der Waals surface area contributed by atoms with Crippen LogP contribution in [0.25, 0.3) is 21.7 Å². The van der Waals surface area contributed by atoms with Gasteiger partial charge in [0.1, 0.15) is 18.0 Å². The summed E-state index contributed by atoms with van der Waals surface area (Å²) in [5.74, 6) is 0.884. The zero-order chi connectivity index (χ0) is 23.5. The molecule has 4 aromatic rings. The summed E-state index contributed by atoms with van der Waals surface area (Å²) in [5, 5.41) is 8.11. The number of ether oxygens (including phenoxy) is 1. The van der Waals surface area contributed by atoms with E-state index < -0.39 is 5.56 Å². The lowest BCUT2D eigenvalue weighted by atomic mass is 10.1. The van der Waals surface area contributed by atoms with Crippen LogP contribution < -0.4 is 20.5 Å². The number of aromatic nitrogens is 3. The first-order valence-electron chi connectivity index (χ1n) is 11.4. The Morgan fingerprint density at radius 2 is 1.97 bits per heavy atom. The maximum atomic E-state index is 13.2. The van der Waals surface area contributed by atoms with Crippen LogP contribution in [0.1, 0.15) is 26.2 Å². The molecule has 4 heterocycles. The van der Waals surface area contributed by atoms with Gasteiger partial charge in [0.25, 0.3) is 5.56 Å². The normalized spacial score (nSPS) is 13.9. The number of carbonyl (C=O) groups excluding carboxylic acids is 1. The molecule has 1 N–H and O–H groups in total. The first kappa shape index (κ1) is 22.1. The molecule has 176 valence electrons. The number of fused-ring (bicyclic) bond motifs is 1. The van der Waals surface area contributed by atoms with Gasteiger partial charge in [-0.2, -0.15) is 5.10 Å². The number of thiazole rings is 1. The van der Waals surface area contributed by atoms with E-state index in [0.29, 0.717) is 34.0 Å². The Morgan fingerprint density at radius 1 is 1.18 bits per heavy atom. The Balaban J connectivity index is 1.46. The first-order chi connectivity index (χ1) is 16.6. The van der Waals surface area contributed by atoms with Crippen molar-refractivity contribution >= 4 is 38.3 Å². The van der Waals surface area contributed by atoms with E-state index in [-0.39, 0.29) is 12.5 Å². The van der Waals surface area contributed by atoms with Crippen molar-refractivity contribution in [2.45, 2.75) is 32.7 Å². The monoisotopic (exact) mass is 479 g/mol. The molecular weight excluding hydrogens is 454 g/mol. The molecule has 5 rings (SSSR count). The second-order valence-corrected chi connectivity index (χ2v) is 8.99. The lowest BCUT2D eigenvalue weighted by Gasteiger charge is -2.25. The fraction of sp³-hybridized carbons (Fsp3) is 0.333. The van der Waals surface area contributed by atoms with Gasteiger partial charge < -0.3 is 19.4 Å². The summed E-state index contributed by atoms with van der Waals surface area (Å²) in [6.07, 6.45) is 4.98. The molecule has 0 unspecified atom stereocenters. The van der Waals surface area contributed by atoms with Gasteiger partial charge in [-0.25, -0.2) is 9.67 Å². The number of furan rings is 1. The van der Waals surface area contributed by atoms with Gasteiger partial charge in [-0.15, -0.1) is 0 Å². The number of carbonyl (C=O) groups is 1. The molecule has 0 atom stereocenters. The van der Waals surface area contributed by atoms with E-state index in [9.17, 15) is 9.59 Å². The Kier molecular flexibility index (Phi) is 6.31. The van der Waals surface area contributed by atoms with E-state index in [1.807, 2.05) is 6.92 Å². The Labute approximate surface area is 200 Å². The summed E-state index contributed by atoms with van der Waals surface area (Å²) in [4.78, 5) is 32.9. The highest BCUT2D eigenvalue weighted by atomic mass is 32.1. The highest BCUT2D eigenvalue weighted by Crippen LogP contribution is 2.34. The minimum Gasteiger partial charge on any atom is -0.494 e. The largest absolute Gasteiger partial charge is 0.494 e. The molecule has 34 heavy (non-hydrogen) atoms. The van der Waals surface area contributed by atoms with Crippen molar-refractivity contribution in [1.82, 2.24) is 14.8 Å². The number of anilines is 2. The summed E-state index contributed by atoms with van der Waals surface area (Å²) in [5.41, 5.74) is 1.02. The number of hydrogen-bond acceptors (Lipinski definition) is 8. The van der Waals surface area contributed by atoms with Gasteiger partial charge in [0.15, 0.2) is 16.4 Å². The zero-order valence-electron chi connectivity index (χ0n) is 18.8. The van der Waals surface area contributed by atoms with Crippen molar-refractivity contribution in [2.75, 3.05) is 29.9 Å². The van der Waals surface area contributed by atoms with Crippen LogP contribution in [0.4, 0.5) is 10.8 Å². The molecule has 0 spiro atoms. The highest BCUT2D eigenvalue weighted by molar-refractivity contribution is 7.22. The number of amides is 1. The molecular formula is C24H25N5O4S. The highest BCUT2D eigenvalue weighted by Gasteiger charge is 2.23. The van der Waals surface area contributed by atoms with Crippen LogP contribution in [-0.4, -0.2) is 40.4 Å². The predicted molar refractivity (Wildman–Crippen MR) is 132 cm³/mol. The third kappa shape index (κ3) is 4.54. The van der Waals surface area contributed by atoms with Crippen LogP contribution in [0.2, 0.25) is 0 Å². The van der Waals surface area contributed by atoms with Crippen molar-refractivity contribution in [2.24, 2.45) is 0 Å². The first-order valence-corrected chi connectivity index (χ1v) is 12.2. The average molecular weight is 480 g/mol. The molecule has 1 aliphatic rings. The predicted octanol–water partition coefficient (Wildman–Crippen LogP) is 4.14. The fourth-order valence-corrected chi connectivity index (χ4v) is 5.09. The Hall–Kier alpha value is -3.66. The smallest absolute Gasteiger partial charge is 0.294 e. The zero-order valence-corrected chi connectivity index (χ0v) is 19.6. The van der Waals surface area contributed by atoms with Crippen LogP contribution >= 0.6 is 11.3 Å². The molecule has 10 heteroatoms. The van der Waals surface area contributed by atoms with Crippen molar-refractivity contribution in [3.63, 3.8) is 0 Å². The molecule has 1 aliphatic heterocycles. The molecule has 1 amide bonds. The average Bonchev–Trinajstić information content (AvgIpc) is 3.54. The topological polar surface area (TPSA) is 102 Å². The lowest BCUT2D eigenvalue weighted by Crippen LogP contribution is -2.30. The van der Waals surface area contributed by atoms with Gasteiger partial charge in [0.2, 0.25) is 5.91 Å². The maximum absolute atomic E-state index is 13.2. The van der Waals surface area contributed by atoms with Crippen LogP contribution in [0.5, 0.6) is 5.75 Å². The third-order valence-electron chi connectivity index (χ3n) is 5.61. The summed E-state index contributed by atoms with van der Waals surface area (Å²) < 4.78 is 12.8.